The molecule has 1 nitrogen and oxygen atoms in total. The SMILES string of the molecule is CCN(Cc1c(F)ccc(Br)c1F)c1ccc(C)cc1. The van der Waals surface area contributed by atoms with E-state index < -0.39 is 11.6 Å². The van der Waals surface area contributed by atoms with Gasteiger partial charge >= 0.3 is 0 Å². The first-order chi connectivity index (χ1) is 9.52. The van der Waals surface area contributed by atoms with Gasteiger partial charge in [0.05, 0.1) is 4.47 Å². The van der Waals surface area contributed by atoms with Gasteiger partial charge in [0.1, 0.15) is 11.6 Å². The third-order valence-electron chi connectivity index (χ3n) is 3.27. The highest BCUT2D eigenvalue weighted by Crippen LogP contribution is 2.25. The maximum absolute atomic E-state index is 14.0. The Labute approximate surface area is 126 Å². The number of anilines is 1. The lowest BCUT2D eigenvalue weighted by molar-refractivity contribution is 0.547. The average molecular weight is 340 g/mol. The van der Waals surface area contributed by atoms with Crippen molar-refractivity contribution in [3.63, 3.8) is 0 Å². The molecule has 4 heteroatoms. The number of halogens is 3. The Kier molecular flexibility index (Phi) is 4.76. The molecule has 0 aliphatic carbocycles. The van der Waals surface area contributed by atoms with Crippen molar-refractivity contribution in [1.82, 2.24) is 0 Å². The Morgan fingerprint density at radius 1 is 1.05 bits per heavy atom. The van der Waals surface area contributed by atoms with Gasteiger partial charge in [-0.05, 0) is 54.0 Å². The number of hydrogen-bond donors (Lipinski definition) is 0. The molecule has 0 aromatic heterocycles. The molecule has 2 rings (SSSR count). The number of nitrogens with zero attached hydrogens (tertiary/aromatic N) is 1. The van der Waals surface area contributed by atoms with Gasteiger partial charge in [-0.3, -0.25) is 0 Å². The van der Waals surface area contributed by atoms with Crippen molar-refractivity contribution in [3.05, 3.63) is 63.6 Å². The fraction of sp³-hybridized carbons (Fsp3) is 0.250. The minimum atomic E-state index is -0.532. The minimum Gasteiger partial charge on any atom is -0.367 e. The summed E-state index contributed by atoms with van der Waals surface area (Å²) in [4.78, 5) is 1.94. The van der Waals surface area contributed by atoms with Crippen LogP contribution in [0.2, 0.25) is 0 Å². The summed E-state index contributed by atoms with van der Waals surface area (Å²) in [5.74, 6) is -1.05. The van der Waals surface area contributed by atoms with E-state index in [1.807, 2.05) is 43.0 Å². The summed E-state index contributed by atoms with van der Waals surface area (Å²) in [5, 5.41) is 0. The predicted octanol–water partition coefficient (Wildman–Crippen LogP) is 5.06. The Bertz CT molecular complexity index is 596. The first-order valence-corrected chi connectivity index (χ1v) is 7.26. The van der Waals surface area contributed by atoms with E-state index in [1.54, 1.807) is 0 Å². The van der Waals surface area contributed by atoms with Crippen LogP contribution in [-0.2, 0) is 6.54 Å². The summed E-state index contributed by atoms with van der Waals surface area (Å²) < 4.78 is 28.1. The third-order valence-corrected chi connectivity index (χ3v) is 3.88. The maximum atomic E-state index is 14.0. The standard InChI is InChI=1S/C16H16BrF2N/c1-3-20(12-6-4-11(2)5-7-12)10-13-15(18)9-8-14(17)16(13)19/h4-9H,3,10H2,1-2H3. The van der Waals surface area contributed by atoms with E-state index in [-0.39, 0.29) is 16.6 Å². The molecule has 0 radical (unpaired) electrons. The number of hydrogen-bond acceptors (Lipinski definition) is 1. The van der Waals surface area contributed by atoms with Gasteiger partial charge in [-0.25, -0.2) is 8.78 Å². The first kappa shape index (κ1) is 15.0. The van der Waals surface area contributed by atoms with E-state index in [9.17, 15) is 8.78 Å². The van der Waals surface area contributed by atoms with Crippen molar-refractivity contribution in [2.24, 2.45) is 0 Å². The topological polar surface area (TPSA) is 3.24 Å². The summed E-state index contributed by atoms with van der Waals surface area (Å²) in [5.41, 5.74) is 2.20. The van der Waals surface area contributed by atoms with Crippen LogP contribution in [0, 0.1) is 18.6 Å². The number of benzene rings is 2. The molecule has 0 aliphatic rings. The van der Waals surface area contributed by atoms with Crippen LogP contribution >= 0.6 is 15.9 Å². The first-order valence-electron chi connectivity index (χ1n) is 6.47. The quantitative estimate of drug-likeness (QED) is 0.703. The molecule has 0 amide bonds. The Balaban J connectivity index is 2.31. The minimum absolute atomic E-state index is 0.0850. The van der Waals surface area contributed by atoms with Crippen molar-refractivity contribution in [3.8, 4) is 0 Å². The van der Waals surface area contributed by atoms with E-state index in [1.165, 1.54) is 12.1 Å². The molecule has 0 fully saturated rings. The van der Waals surface area contributed by atoms with Crippen LogP contribution in [0.4, 0.5) is 14.5 Å². The fourth-order valence-electron chi connectivity index (χ4n) is 2.05. The largest absolute Gasteiger partial charge is 0.367 e. The van der Waals surface area contributed by atoms with Crippen LogP contribution < -0.4 is 4.90 Å². The van der Waals surface area contributed by atoms with Crippen molar-refractivity contribution in [2.75, 3.05) is 11.4 Å². The van der Waals surface area contributed by atoms with Gasteiger partial charge < -0.3 is 4.90 Å². The zero-order chi connectivity index (χ0) is 14.7. The Morgan fingerprint density at radius 3 is 2.30 bits per heavy atom. The molecular weight excluding hydrogens is 324 g/mol. The molecule has 20 heavy (non-hydrogen) atoms. The van der Waals surface area contributed by atoms with Crippen LogP contribution in [-0.4, -0.2) is 6.54 Å². The lowest BCUT2D eigenvalue weighted by Gasteiger charge is -2.24. The van der Waals surface area contributed by atoms with Gasteiger partial charge in [0, 0.05) is 24.3 Å². The van der Waals surface area contributed by atoms with Crippen LogP contribution in [0.1, 0.15) is 18.1 Å². The molecule has 0 spiro atoms. The summed E-state index contributed by atoms with van der Waals surface area (Å²) in [6.07, 6.45) is 0. The smallest absolute Gasteiger partial charge is 0.145 e. The fourth-order valence-corrected chi connectivity index (χ4v) is 2.42. The highest BCUT2D eigenvalue weighted by molar-refractivity contribution is 9.10. The molecule has 2 aromatic carbocycles. The van der Waals surface area contributed by atoms with E-state index in [0.29, 0.717) is 6.54 Å². The molecule has 0 aliphatic heterocycles. The summed E-state index contributed by atoms with van der Waals surface area (Å²) in [6, 6.07) is 10.6. The maximum Gasteiger partial charge on any atom is 0.145 e. The third kappa shape index (κ3) is 3.18. The van der Waals surface area contributed by atoms with Crippen molar-refractivity contribution < 1.29 is 8.78 Å². The second-order valence-corrected chi connectivity index (χ2v) is 5.53. The van der Waals surface area contributed by atoms with Crippen molar-refractivity contribution >= 4 is 21.6 Å². The number of rotatable bonds is 4. The van der Waals surface area contributed by atoms with Crippen molar-refractivity contribution in [1.29, 1.82) is 0 Å². The molecule has 0 N–H and O–H groups in total. The Morgan fingerprint density at radius 2 is 1.70 bits per heavy atom. The number of aryl methyl sites for hydroxylation is 1. The molecule has 0 atom stereocenters. The molecule has 0 bridgehead atoms. The van der Waals surface area contributed by atoms with Crippen LogP contribution in [0.5, 0.6) is 0 Å². The molecule has 0 unspecified atom stereocenters. The van der Waals surface area contributed by atoms with E-state index in [4.69, 9.17) is 0 Å². The molecule has 106 valence electrons. The normalized spacial score (nSPS) is 10.7. The molecule has 2 aromatic rings. The summed E-state index contributed by atoms with van der Waals surface area (Å²) in [7, 11) is 0. The van der Waals surface area contributed by atoms with Gasteiger partial charge in [0.15, 0.2) is 0 Å². The van der Waals surface area contributed by atoms with Crippen LogP contribution in [0.25, 0.3) is 0 Å². The Hall–Kier alpha value is -1.42. The van der Waals surface area contributed by atoms with Gasteiger partial charge in [0.25, 0.3) is 0 Å². The zero-order valence-electron chi connectivity index (χ0n) is 11.5. The van der Waals surface area contributed by atoms with Crippen LogP contribution in [0.15, 0.2) is 40.9 Å². The zero-order valence-corrected chi connectivity index (χ0v) is 13.0. The molecule has 0 heterocycles. The highest BCUT2D eigenvalue weighted by Gasteiger charge is 2.15. The lowest BCUT2D eigenvalue weighted by Crippen LogP contribution is -2.23. The van der Waals surface area contributed by atoms with E-state index in [0.717, 1.165) is 11.3 Å². The van der Waals surface area contributed by atoms with Gasteiger partial charge in [0.2, 0.25) is 0 Å². The predicted molar refractivity (Wildman–Crippen MR) is 82.0 cm³/mol. The summed E-state index contributed by atoms with van der Waals surface area (Å²) >= 11 is 3.10. The molecule has 0 saturated carbocycles. The second kappa shape index (κ2) is 6.35. The van der Waals surface area contributed by atoms with E-state index >= 15 is 0 Å². The molecule has 0 saturated heterocycles. The highest BCUT2D eigenvalue weighted by atomic mass is 79.9. The van der Waals surface area contributed by atoms with E-state index in [2.05, 4.69) is 15.9 Å². The van der Waals surface area contributed by atoms with Crippen LogP contribution in [0.3, 0.4) is 0 Å². The molecular formula is C16H16BrF2N. The van der Waals surface area contributed by atoms with Crippen molar-refractivity contribution in [2.45, 2.75) is 20.4 Å². The van der Waals surface area contributed by atoms with Gasteiger partial charge in [-0.15, -0.1) is 0 Å². The monoisotopic (exact) mass is 339 g/mol. The van der Waals surface area contributed by atoms with Gasteiger partial charge in [-0.2, -0.15) is 0 Å². The average Bonchev–Trinajstić information content (AvgIpc) is 2.45. The second-order valence-electron chi connectivity index (χ2n) is 4.67. The lowest BCUT2D eigenvalue weighted by atomic mass is 10.1. The summed E-state index contributed by atoms with van der Waals surface area (Å²) in [6.45, 7) is 4.85. The van der Waals surface area contributed by atoms with Gasteiger partial charge in [-0.1, -0.05) is 17.7 Å².